The third-order valence-electron chi connectivity index (χ3n) is 3.72. The van der Waals surface area contributed by atoms with E-state index in [9.17, 15) is 5.11 Å². The van der Waals surface area contributed by atoms with E-state index in [4.69, 9.17) is 16.7 Å². The first kappa shape index (κ1) is 13.7. The quantitative estimate of drug-likeness (QED) is 0.886. The highest BCUT2D eigenvalue weighted by Crippen LogP contribution is 2.28. The van der Waals surface area contributed by atoms with Gasteiger partial charge in [-0.25, -0.2) is 0 Å². The predicted molar refractivity (Wildman–Crippen MR) is 72.9 cm³/mol. The van der Waals surface area contributed by atoms with Crippen LogP contribution in [0.3, 0.4) is 0 Å². The number of nitrogens with zero attached hydrogens (tertiary/aromatic N) is 1. The fourth-order valence-corrected chi connectivity index (χ4v) is 2.59. The highest BCUT2D eigenvalue weighted by Gasteiger charge is 2.19. The first-order valence-corrected chi connectivity index (χ1v) is 6.79. The Labute approximate surface area is 113 Å². The largest absolute Gasteiger partial charge is 0.508 e. The number of hydrogen-bond donors (Lipinski definition) is 2. The molecule has 1 aromatic carbocycles. The molecule has 2 rings (SSSR count). The molecule has 0 spiro atoms. The lowest BCUT2D eigenvalue weighted by atomic mass is 9.97. The fraction of sp³-hybridized carbons (Fsp3) is 0.571. The van der Waals surface area contributed by atoms with Gasteiger partial charge in [-0.15, -0.1) is 0 Å². The van der Waals surface area contributed by atoms with Crippen molar-refractivity contribution in [1.82, 2.24) is 4.90 Å². The number of aryl methyl sites for hydroxylation is 1. The van der Waals surface area contributed by atoms with Crippen molar-refractivity contribution in [2.45, 2.75) is 26.3 Å². The van der Waals surface area contributed by atoms with Gasteiger partial charge in [-0.05, 0) is 56.5 Å². The van der Waals surface area contributed by atoms with Gasteiger partial charge in [0.15, 0.2) is 0 Å². The van der Waals surface area contributed by atoms with Crippen LogP contribution in [-0.4, -0.2) is 34.8 Å². The van der Waals surface area contributed by atoms with Crippen molar-refractivity contribution in [2.75, 3.05) is 19.7 Å². The number of likely N-dealkylation sites (tertiary alicyclic amines) is 1. The van der Waals surface area contributed by atoms with Gasteiger partial charge in [-0.2, -0.15) is 0 Å². The van der Waals surface area contributed by atoms with Crippen molar-refractivity contribution >= 4 is 11.6 Å². The number of hydrogen-bond acceptors (Lipinski definition) is 3. The SMILES string of the molecule is Cc1cc(O)c(CN2CCC(CO)CC2)cc1Cl. The number of halogens is 1. The van der Waals surface area contributed by atoms with Gasteiger partial charge in [0.05, 0.1) is 0 Å². The Hall–Kier alpha value is -0.770. The smallest absolute Gasteiger partial charge is 0.120 e. The lowest BCUT2D eigenvalue weighted by Crippen LogP contribution is -2.34. The van der Waals surface area contributed by atoms with Crippen LogP contribution >= 0.6 is 11.6 Å². The molecule has 0 amide bonds. The van der Waals surface area contributed by atoms with E-state index in [-0.39, 0.29) is 6.61 Å². The molecule has 1 aliphatic heterocycles. The van der Waals surface area contributed by atoms with Crippen molar-refractivity contribution < 1.29 is 10.2 Å². The lowest BCUT2D eigenvalue weighted by molar-refractivity contribution is 0.127. The summed E-state index contributed by atoms with van der Waals surface area (Å²) < 4.78 is 0. The minimum absolute atomic E-state index is 0.287. The van der Waals surface area contributed by atoms with Crippen molar-refractivity contribution in [3.05, 3.63) is 28.3 Å². The number of benzene rings is 1. The molecule has 1 aromatic rings. The van der Waals surface area contributed by atoms with Crippen LogP contribution in [0.4, 0.5) is 0 Å². The average molecular weight is 270 g/mol. The molecule has 2 N–H and O–H groups in total. The second kappa shape index (κ2) is 5.91. The van der Waals surface area contributed by atoms with Crippen LogP contribution in [0.1, 0.15) is 24.0 Å². The van der Waals surface area contributed by atoms with Crippen LogP contribution in [0, 0.1) is 12.8 Å². The standard InChI is InChI=1S/C14H20ClNO2/c1-10-6-14(18)12(7-13(10)15)8-16-4-2-11(9-17)3-5-16/h6-7,11,17-18H,2-5,8-9H2,1H3. The Bertz CT molecular complexity index is 415. The molecule has 0 atom stereocenters. The summed E-state index contributed by atoms with van der Waals surface area (Å²) in [6, 6.07) is 3.57. The molecule has 0 saturated carbocycles. The van der Waals surface area contributed by atoms with Crippen molar-refractivity contribution in [3.63, 3.8) is 0 Å². The van der Waals surface area contributed by atoms with Gasteiger partial charge in [0.25, 0.3) is 0 Å². The number of aromatic hydroxyl groups is 1. The maximum Gasteiger partial charge on any atom is 0.120 e. The number of phenolic OH excluding ortho intramolecular Hbond substituents is 1. The summed E-state index contributed by atoms with van der Waals surface area (Å²) in [6.07, 6.45) is 2.05. The summed E-state index contributed by atoms with van der Waals surface area (Å²) in [4.78, 5) is 2.30. The van der Waals surface area contributed by atoms with E-state index in [1.54, 1.807) is 6.07 Å². The molecule has 1 heterocycles. The third-order valence-corrected chi connectivity index (χ3v) is 4.13. The Kier molecular flexibility index (Phi) is 4.49. The summed E-state index contributed by atoms with van der Waals surface area (Å²) in [5, 5.41) is 19.7. The van der Waals surface area contributed by atoms with Gasteiger partial charge in [-0.3, -0.25) is 4.90 Å². The van der Waals surface area contributed by atoms with Crippen molar-refractivity contribution in [1.29, 1.82) is 0 Å². The zero-order valence-corrected chi connectivity index (χ0v) is 11.5. The zero-order chi connectivity index (χ0) is 13.1. The van der Waals surface area contributed by atoms with E-state index >= 15 is 0 Å². The Morgan fingerprint density at radius 3 is 2.61 bits per heavy atom. The fourth-order valence-electron chi connectivity index (χ4n) is 2.40. The topological polar surface area (TPSA) is 43.7 Å². The second-order valence-electron chi connectivity index (χ2n) is 5.13. The normalized spacial score (nSPS) is 18.2. The van der Waals surface area contributed by atoms with Gasteiger partial charge in [-0.1, -0.05) is 11.6 Å². The van der Waals surface area contributed by atoms with Gasteiger partial charge >= 0.3 is 0 Å². The molecule has 1 fully saturated rings. The summed E-state index contributed by atoms with van der Waals surface area (Å²) in [6.45, 7) is 4.84. The van der Waals surface area contributed by atoms with Gasteiger partial charge in [0.1, 0.15) is 5.75 Å². The Morgan fingerprint density at radius 1 is 1.33 bits per heavy atom. The molecule has 4 heteroatoms. The van der Waals surface area contributed by atoms with E-state index in [2.05, 4.69) is 4.90 Å². The van der Waals surface area contributed by atoms with Crippen molar-refractivity contribution in [3.8, 4) is 5.75 Å². The number of aliphatic hydroxyl groups excluding tert-OH is 1. The third kappa shape index (κ3) is 3.16. The molecule has 0 aromatic heterocycles. The van der Waals surface area contributed by atoms with Crippen LogP contribution in [0.5, 0.6) is 5.75 Å². The number of rotatable bonds is 3. The maximum atomic E-state index is 9.92. The number of aliphatic hydroxyl groups is 1. The van der Waals surface area contributed by atoms with E-state index in [0.717, 1.165) is 43.6 Å². The van der Waals surface area contributed by atoms with E-state index in [0.29, 0.717) is 16.7 Å². The minimum Gasteiger partial charge on any atom is -0.508 e. The molecular weight excluding hydrogens is 250 g/mol. The van der Waals surface area contributed by atoms with Crippen molar-refractivity contribution in [2.24, 2.45) is 5.92 Å². The summed E-state index contributed by atoms with van der Waals surface area (Å²) in [7, 11) is 0. The van der Waals surface area contributed by atoms with Crippen LogP contribution in [0.2, 0.25) is 5.02 Å². The zero-order valence-electron chi connectivity index (χ0n) is 10.7. The molecule has 0 aliphatic carbocycles. The second-order valence-corrected chi connectivity index (χ2v) is 5.54. The summed E-state index contributed by atoms with van der Waals surface area (Å²) in [5.74, 6) is 0.762. The van der Waals surface area contributed by atoms with E-state index in [1.807, 2.05) is 13.0 Å². The molecule has 0 unspecified atom stereocenters. The lowest BCUT2D eigenvalue weighted by Gasteiger charge is -2.31. The van der Waals surface area contributed by atoms with Gasteiger partial charge in [0, 0.05) is 23.7 Å². The van der Waals surface area contributed by atoms with Gasteiger partial charge < -0.3 is 10.2 Å². The molecule has 1 saturated heterocycles. The Balaban J connectivity index is 2.00. The Morgan fingerprint density at radius 2 is 2.00 bits per heavy atom. The van der Waals surface area contributed by atoms with Crippen LogP contribution in [0.25, 0.3) is 0 Å². The number of piperidine rings is 1. The maximum absolute atomic E-state index is 9.92. The van der Waals surface area contributed by atoms with Crippen LogP contribution < -0.4 is 0 Å². The molecular formula is C14H20ClNO2. The minimum atomic E-state index is 0.287. The summed E-state index contributed by atoms with van der Waals surface area (Å²) in [5.41, 5.74) is 1.78. The molecule has 100 valence electrons. The molecule has 0 bridgehead atoms. The highest BCUT2D eigenvalue weighted by molar-refractivity contribution is 6.31. The predicted octanol–water partition coefficient (Wildman–Crippen LogP) is 2.56. The molecule has 1 aliphatic rings. The van der Waals surface area contributed by atoms with E-state index < -0.39 is 0 Å². The average Bonchev–Trinajstić information content (AvgIpc) is 2.37. The molecule has 0 radical (unpaired) electrons. The van der Waals surface area contributed by atoms with Crippen LogP contribution in [-0.2, 0) is 6.54 Å². The highest BCUT2D eigenvalue weighted by atomic mass is 35.5. The first-order chi connectivity index (χ1) is 8.60. The summed E-state index contributed by atoms with van der Waals surface area (Å²) >= 11 is 6.09. The number of phenols is 1. The monoisotopic (exact) mass is 269 g/mol. The van der Waals surface area contributed by atoms with E-state index in [1.165, 1.54) is 0 Å². The van der Waals surface area contributed by atoms with Crippen LogP contribution in [0.15, 0.2) is 12.1 Å². The molecule has 3 nitrogen and oxygen atoms in total. The first-order valence-electron chi connectivity index (χ1n) is 6.41. The van der Waals surface area contributed by atoms with Gasteiger partial charge in [0.2, 0.25) is 0 Å². The molecule has 18 heavy (non-hydrogen) atoms.